The molecule has 0 spiro atoms. The van der Waals surface area contributed by atoms with E-state index >= 15 is 0 Å². The van der Waals surface area contributed by atoms with Gasteiger partial charge in [-0.25, -0.2) is 4.39 Å². The van der Waals surface area contributed by atoms with Crippen LogP contribution in [-0.2, 0) is 0 Å². The lowest BCUT2D eigenvalue weighted by Crippen LogP contribution is -2.12. The Bertz CT molecular complexity index is 342. The molecule has 0 radical (unpaired) electrons. The second kappa shape index (κ2) is 3.41. The van der Waals surface area contributed by atoms with Crippen molar-refractivity contribution >= 4 is 33.4 Å². The van der Waals surface area contributed by atoms with Crippen LogP contribution < -0.4 is 5.73 Å². The van der Waals surface area contributed by atoms with Gasteiger partial charge in [0.2, 0.25) is 5.91 Å². The lowest BCUT2D eigenvalue weighted by atomic mass is 10.2. The van der Waals surface area contributed by atoms with Crippen molar-refractivity contribution in [3.8, 4) is 0 Å². The molecule has 64 valence electrons. The standard InChI is InChI=1S/C7H4BrClFNO/c8-5-3(7(11)12)1-2-4(9)6(5)10/h1-2H,(H2,11,12). The second-order valence-corrected chi connectivity index (χ2v) is 3.29. The van der Waals surface area contributed by atoms with E-state index in [4.69, 9.17) is 17.3 Å². The molecule has 0 saturated carbocycles. The zero-order valence-electron chi connectivity index (χ0n) is 5.77. The number of hydrogen-bond acceptors (Lipinski definition) is 1. The van der Waals surface area contributed by atoms with E-state index in [2.05, 4.69) is 15.9 Å². The van der Waals surface area contributed by atoms with Gasteiger partial charge in [-0.2, -0.15) is 0 Å². The number of primary amides is 1. The highest BCUT2D eigenvalue weighted by Crippen LogP contribution is 2.26. The van der Waals surface area contributed by atoms with Gasteiger partial charge in [-0.1, -0.05) is 11.6 Å². The smallest absolute Gasteiger partial charge is 0.249 e. The number of benzene rings is 1. The highest BCUT2D eigenvalue weighted by atomic mass is 79.9. The third kappa shape index (κ3) is 1.59. The molecule has 0 saturated heterocycles. The first-order chi connectivity index (χ1) is 5.54. The monoisotopic (exact) mass is 251 g/mol. The summed E-state index contributed by atoms with van der Waals surface area (Å²) in [6.07, 6.45) is 0. The van der Waals surface area contributed by atoms with Gasteiger partial charge in [0.25, 0.3) is 0 Å². The van der Waals surface area contributed by atoms with Crippen molar-refractivity contribution in [3.05, 3.63) is 33.0 Å². The summed E-state index contributed by atoms with van der Waals surface area (Å²) < 4.78 is 13.0. The molecule has 0 atom stereocenters. The average molecular weight is 252 g/mol. The molecule has 1 rings (SSSR count). The van der Waals surface area contributed by atoms with E-state index in [-0.39, 0.29) is 15.1 Å². The Morgan fingerprint density at radius 3 is 2.67 bits per heavy atom. The fourth-order valence-corrected chi connectivity index (χ4v) is 1.53. The predicted molar refractivity (Wildman–Crippen MR) is 47.6 cm³/mol. The number of amides is 1. The van der Waals surface area contributed by atoms with Crippen LogP contribution in [0.1, 0.15) is 10.4 Å². The van der Waals surface area contributed by atoms with Gasteiger partial charge in [-0.05, 0) is 28.1 Å². The quantitative estimate of drug-likeness (QED) is 0.766. The van der Waals surface area contributed by atoms with Crippen LogP contribution in [0.2, 0.25) is 5.02 Å². The number of hydrogen-bond donors (Lipinski definition) is 1. The summed E-state index contributed by atoms with van der Waals surface area (Å²) in [5.74, 6) is -1.37. The maximum Gasteiger partial charge on any atom is 0.249 e. The van der Waals surface area contributed by atoms with Crippen LogP contribution in [0.15, 0.2) is 16.6 Å². The summed E-state index contributed by atoms with van der Waals surface area (Å²) >= 11 is 8.30. The fourth-order valence-electron chi connectivity index (χ4n) is 0.716. The Morgan fingerprint density at radius 2 is 2.17 bits per heavy atom. The average Bonchev–Trinajstić information content (AvgIpc) is 2.00. The highest BCUT2D eigenvalue weighted by Gasteiger charge is 2.12. The Kier molecular flexibility index (Phi) is 2.69. The van der Waals surface area contributed by atoms with Crippen LogP contribution in [0.25, 0.3) is 0 Å². The molecule has 0 aliphatic rings. The van der Waals surface area contributed by atoms with Crippen molar-refractivity contribution in [1.82, 2.24) is 0 Å². The Morgan fingerprint density at radius 1 is 1.58 bits per heavy atom. The normalized spacial score (nSPS) is 9.92. The molecule has 1 aromatic rings. The molecule has 0 aromatic heterocycles. The van der Waals surface area contributed by atoms with Crippen LogP contribution >= 0.6 is 27.5 Å². The Labute approximate surface area is 81.6 Å². The van der Waals surface area contributed by atoms with Crippen LogP contribution in [0.3, 0.4) is 0 Å². The lowest BCUT2D eigenvalue weighted by molar-refractivity contribution is 0.0999. The van der Waals surface area contributed by atoms with Crippen molar-refractivity contribution in [3.63, 3.8) is 0 Å². The number of carbonyl (C=O) groups is 1. The summed E-state index contributed by atoms with van der Waals surface area (Å²) in [5, 5.41) is -0.0492. The third-order valence-corrected chi connectivity index (χ3v) is 2.37. The second-order valence-electron chi connectivity index (χ2n) is 2.09. The van der Waals surface area contributed by atoms with Crippen molar-refractivity contribution in [2.75, 3.05) is 0 Å². The van der Waals surface area contributed by atoms with E-state index in [0.29, 0.717) is 0 Å². The first kappa shape index (κ1) is 9.48. The number of carbonyl (C=O) groups excluding carboxylic acids is 1. The van der Waals surface area contributed by atoms with Gasteiger partial charge >= 0.3 is 0 Å². The van der Waals surface area contributed by atoms with Crippen LogP contribution in [0.4, 0.5) is 4.39 Å². The van der Waals surface area contributed by atoms with E-state index in [1.165, 1.54) is 12.1 Å². The van der Waals surface area contributed by atoms with Gasteiger partial charge in [0.1, 0.15) is 0 Å². The molecule has 0 fully saturated rings. The summed E-state index contributed by atoms with van der Waals surface area (Å²) in [6, 6.07) is 2.64. The maximum atomic E-state index is 13.0. The number of rotatable bonds is 1. The SMILES string of the molecule is NC(=O)c1ccc(Cl)c(F)c1Br. The first-order valence-electron chi connectivity index (χ1n) is 2.97. The minimum atomic E-state index is -0.697. The Hall–Kier alpha value is -0.610. The third-order valence-electron chi connectivity index (χ3n) is 1.30. The van der Waals surface area contributed by atoms with E-state index in [1.807, 2.05) is 0 Å². The molecule has 0 aliphatic heterocycles. The minimum Gasteiger partial charge on any atom is -0.366 e. The molecule has 1 aromatic carbocycles. The summed E-state index contributed by atoms with van der Waals surface area (Å²) in [5.41, 5.74) is 5.04. The zero-order chi connectivity index (χ0) is 9.30. The predicted octanol–water partition coefficient (Wildman–Crippen LogP) is 2.34. The summed E-state index contributed by atoms with van der Waals surface area (Å²) in [7, 11) is 0. The zero-order valence-corrected chi connectivity index (χ0v) is 8.12. The molecule has 0 heterocycles. The van der Waals surface area contributed by atoms with E-state index in [1.54, 1.807) is 0 Å². The first-order valence-corrected chi connectivity index (χ1v) is 4.14. The number of halogens is 3. The van der Waals surface area contributed by atoms with Crippen LogP contribution in [0.5, 0.6) is 0 Å². The Balaban J connectivity index is 3.36. The van der Waals surface area contributed by atoms with Crippen molar-refractivity contribution in [2.24, 2.45) is 5.73 Å². The maximum absolute atomic E-state index is 13.0. The molecular weight excluding hydrogens is 248 g/mol. The van der Waals surface area contributed by atoms with Gasteiger partial charge in [0.05, 0.1) is 15.1 Å². The van der Waals surface area contributed by atoms with Crippen LogP contribution in [-0.4, -0.2) is 5.91 Å². The van der Waals surface area contributed by atoms with Gasteiger partial charge in [-0.3, -0.25) is 4.79 Å². The van der Waals surface area contributed by atoms with Crippen molar-refractivity contribution < 1.29 is 9.18 Å². The molecule has 2 nitrogen and oxygen atoms in total. The van der Waals surface area contributed by atoms with Gasteiger partial charge in [0.15, 0.2) is 5.82 Å². The summed E-state index contributed by atoms with van der Waals surface area (Å²) in [6.45, 7) is 0. The molecular formula is C7H4BrClFNO. The lowest BCUT2D eigenvalue weighted by Gasteiger charge is -2.01. The van der Waals surface area contributed by atoms with Gasteiger partial charge < -0.3 is 5.73 Å². The summed E-state index contributed by atoms with van der Waals surface area (Å²) in [4.78, 5) is 10.7. The largest absolute Gasteiger partial charge is 0.366 e. The minimum absolute atomic E-state index is 0.00231. The van der Waals surface area contributed by atoms with Gasteiger partial charge in [0, 0.05) is 0 Å². The van der Waals surface area contributed by atoms with Crippen LogP contribution in [0, 0.1) is 5.82 Å². The van der Waals surface area contributed by atoms with E-state index in [9.17, 15) is 9.18 Å². The fraction of sp³-hybridized carbons (Fsp3) is 0. The van der Waals surface area contributed by atoms with E-state index in [0.717, 1.165) is 0 Å². The number of nitrogens with two attached hydrogens (primary N) is 1. The molecule has 0 aliphatic carbocycles. The van der Waals surface area contributed by atoms with Crippen molar-refractivity contribution in [1.29, 1.82) is 0 Å². The molecule has 2 N–H and O–H groups in total. The molecule has 0 bridgehead atoms. The molecule has 5 heteroatoms. The molecule has 12 heavy (non-hydrogen) atoms. The van der Waals surface area contributed by atoms with Gasteiger partial charge in [-0.15, -0.1) is 0 Å². The molecule has 1 amide bonds. The molecule has 0 unspecified atom stereocenters. The highest BCUT2D eigenvalue weighted by molar-refractivity contribution is 9.10. The topological polar surface area (TPSA) is 43.1 Å². The van der Waals surface area contributed by atoms with Crippen molar-refractivity contribution in [2.45, 2.75) is 0 Å². The van der Waals surface area contributed by atoms with E-state index < -0.39 is 11.7 Å².